The van der Waals surface area contributed by atoms with E-state index in [0.717, 1.165) is 35.0 Å². The number of hydrogen-bond donors (Lipinski definition) is 0. The highest BCUT2D eigenvalue weighted by molar-refractivity contribution is 5.97. The van der Waals surface area contributed by atoms with E-state index in [1.807, 2.05) is 54.3 Å². The standard InChI is InChI=1S/C21H24N2O4/c1-15-21(24)23(17-4-6-18(25-2)7-5-17)10-9-22(15)14-16-3-8-19-20(13-16)27-12-11-26-19/h3-8,13,15H,9-12,14H2,1-2H3/t15-/m0/s1. The van der Waals surface area contributed by atoms with E-state index in [0.29, 0.717) is 26.3 Å². The van der Waals surface area contributed by atoms with Crippen LogP contribution in [0.3, 0.4) is 0 Å². The molecule has 0 saturated carbocycles. The van der Waals surface area contributed by atoms with Crippen LogP contribution < -0.4 is 19.1 Å². The second-order valence-corrected chi connectivity index (χ2v) is 6.81. The van der Waals surface area contributed by atoms with Crippen molar-refractivity contribution in [3.63, 3.8) is 0 Å². The van der Waals surface area contributed by atoms with Crippen LogP contribution in [0.25, 0.3) is 0 Å². The smallest absolute Gasteiger partial charge is 0.244 e. The molecular weight excluding hydrogens is 344 g/mol. The Morgan fingerprint density at radius 3 is 2.52 bits per heavy atom. The maximum absolute atomic E-state index is 12.9. The van der Waals surface area contributed by atoms with Gasteiger partial charge in [0.25, 0.3) is 0 Å². The Kier molecular flexibility index (Phi) is 4.90. The number of rotatable bonds is 4. The van der Waals surface area contributed by atoms with Crippen molar-refractivity contribution in [2.24, 2.45) is 0 Å². The minimum Gasteiger partial charge on any atom is -0.497 e. The van der Waals surface area contributed by atoms with Crippen molar-refractivity contribution in [3.8, 4) is 17.2 Å². The molecule has 0 unspecified atom stereocenters. The second-order valence-electron chi connectivity index (χ2n) is 6.81. The first-order valence-corrected chi connectivity index (χ1v) is 9.24. The van der Waals surface area contributed by atoms with E-state index in [1.54, 1.807) is 7.11 Å². The van der Waals surface area contributed by atoms with E-state index in [2.05, 4.69) is 4.90 Å². The highest BCUT2D eigenvalue weighted by Crippen LogP contribution is 2.32. The lowest BCUT2D eigenvalue weighted by molar-refractivity contribution is -0.125. The molecule has 6 heteroatoms. The largest absolute Gasteiger partial charge is 0.497 e. The normalized spacial score (nSPS) is 19.9. The Morgan fingerprint density at radius 1 is 1.04 bits per heavy atom. The highest BCUT2D eigenvalue weighted by Gasteiger charge is 2.32. The van der Waals surface area contributed by atoms with E-state index in [1.165, 1.54) is 0 Å². The van der Waals surface area contributed by atoms with Gasteiger partial charge in [0.05, 0.1) is 13.2 Å². The quantitative estimate of drug-likeness (QED) is 0.831. The molecule has 2 aliphatic rings. The monoisotopic (exact) mass is 368 g/mol. The predicted octanol–water partition coefficient (Wildman–Crippen LogP) is 2.70. The molecule has 27 heavy (non-hydrogen) atoms. The summed E-state index contributed by atoms with van der Waals surface area (Å²) < 4.78 is 16.4. The lowest BCUT2D eigenvalue weighted by Crippen LogP contribution is -2.55. The molecule has 2 heterocycles. The summed E-state index contributed by atoms with van der Waals surface area (Å²) >= 11 is 0. The van der Waals surface area contributed by atoms with Gasteiger partial charge in [-0.15, -0.1) is 0 Å². The van der Waals surface area contributed by atoms with E-state index in [-0.39, 0.29) is 11.9 Å². The molecule has 2 aromatic rings. The molecule has 0 N–H and O–H groups in total. The summed E-state index contributed by atoms with van der Waals surface area (Å²) in [6, 6.07) is 13.4. The lowest BCUT2D eigenvalue weighted by atomic mass is 10.1. The van der Waals surface area contributed by atoms with E-state index < -0.39 is 0 Å². The number of amides is 1. The maximum Gasteiger partial charge on any atom is 0.244 e. The molecule has 1 atom stereocenters. The Labute approximate surface area is 159 Å². The van der Waals surface area contributed by atoms with Crippen molar-refractivity contribution in [2.75, 3.05) is 38.3 Å². The minimum absolute atomic E-state index is 0.115. The van der Waals surface area contributed by atoms with Crippen molar-refractivity contribution in [1.82, 2.24) is 4.90 Å². The number of carbonyl (C=O) groups is 1. The molecule has 2 aromatic carbocycles. The van der Waals surface area contributed by atoms with Gasteiger partial charge in [0.1, 0.15) is 19.0 Å². The number of fused-ring (bicyclic) bond motifs is 1. The number of anilines is 1. The van der Waals surface area contributed by atoms with Gasteiger partial charge in [0.15, 0.2) is 11.5 Å². The Morgan fingerprint density at radius 2 is 1.78 bits per heavy atom. The fraction of sp³-hybridized carbons (Fsp3) is 0.381. The number of benzene rings is 2. The predicted molar refractivity (Wildman–Crippen MR) is 103 cm³/mol. The average molecular weight is 368 g/mol. The third kappa shape index (κ3) is 3.57. The fourth-order valence-electron chi connectivity index (χ4n) is 3.57. The van der Waals surface area contributed by atoms with Crippen LogP contribution >= 0.6 is 0 Å². The van der Waals surface area contributed by atoms with Crippen molar-refractivity contribution in [2.45, 2.75) is 19.5 Å². The molecule has 1 fully saturated rings. The summed E-state index contributed by atoms with van der Waals surface area (Å²) in [4.78, 5) is 17.0. The van der Waals surface area contributed by atoms with Crippen molar-refractivity contribution < 1.29 is 19.0 Å². The van der Waals surface area contributed by atoms with Gasteiger partial charge >= 0.3 is 0 Å². The van der Waals surface area contributed by atoms with Crippen LogP contribution in [0.15, 0.2) is 42.5 Å². The Bertz CT molecular complexity index is 821. The third-order valence-corrected chi connectivity index (χ3v) is 5.16. The van der Waals surface area contributed by atoms with Crippen LogP contribution in [0.2, 0.25) is 0 Å². The summed E-state index contributed by atoms with van der Waals surface area (Å²) in [5.74, 6) is 2.48. The van der Waals surface area contributed by atoms with Gasteiger partial charge in [-0.05, 0) is 48.9 Å². The van der Waals surface area contributed by atoms with Crippen LogP contribution in [0.4, 0.5) is 5.69 Å². The zero-order valence-electron chi connectivity index (χ0n) is 15.7. The number of carbonyl (C=O) groups excluding carboxylic acids is 1. The van der Waals surface area contributed by atoms with Gasteiger partial charge in [-0.2, -0.15) is 0 Å². The molecule has 142 valence electrons. The number of hydrogen-bond acceptors (Lipinski definition) is 5. The van der Waals surface area contributed by atoms with Gasteiger partial charge < -0.3 is 19.1 Å². The van der Waals surface area contributed by atoms with E-state index in [9.17, 15) is 4.79 Å². The number of piperazine rings is 1. The first-order valence-electron chi connectivity index (χ1n) is 9.24. The van der Waals surface area contributed by atoms with Crippen LogP contribution in [-0.2, 0) is 11.3 Å². The average Bonchev–Trinajstić information content (AvgIpc) is 2.72. The minimum atomic E-state index is -0.186. The summed E-state index contributed by atoms with van der Waals surface area (Å²) in [6.45, 7) is 5.32. The molecule has 6 nitrogen and oxygen atoms in total. The van der Waals surface area contributed by atoms with Crippen LogP contribution in [0.1, 0.15) is 12.5 Å². The Hall–Kier alpha value is -2.73. The molecule has 0 spiro atoms. The van der Waals surface area contributed by atoms with Crippen molar-refractivity contribution >= 4 is 11.6 Å². The third-order valence-electron chi connectivity index (χ3n) is 5.16. The fourth-order valence-corrected chi connectivity index (χ4v) is 3.57. The highest BCUT2D eigenvalue weighted by atomic mass is 16.6. The molecule has 0 aromatic heterocycles. The number of nitrogens with zero attached hydrogens (tertiary/aromatic N) is 2. The summed E-state index contributed by atoms with van der Waals surface area (Å²) in [6.07, 6.45) is 0. The van der Waals surface area contributed by atoms with Crippen molar-refractivity contribution in [1.29, 1.82) is 0 Å². The number of methoxy groups -OCH3 is 1. The van der Waals surface area contributed by atoms with Gasteiger partial charge in [-0.1, -0.05) is 6.07 Å². The van der Waals surface area contributed by atoms with Gasteiger partial charge in [0.2, 0.25) is 5.91 Å². The lowest BCUT2D eigenvalue weighted by Gasteiger charge is -2.39. The van der Waals surface area contributed by atoms with E-state index in [4.69, 9.17) is 14.2 Å². The zero-order valence-corrected chi connectivity index (χ0v) is 15.7. The molecule has 4 rings (SSSR count). The molecule has 0 radical (unpaired) electrons. The molecule has 1 amide bonds. The van der Waals surface area contributed by atoms with Gasteiger partial charge in [0, 0.05) is 25.3 Å². The SMILES string of the molecule is COc1ccc(N2CCN(Cc3ccc4c(c3)OCCO4)[C@@H](C)C2=O)cc1. The first-order chi connectivity index (χ1) is 13.2. The molecular formula is C21H24N2O4. The van der Waals surface area contributed by atoms with Crippen LogP contribution in [0, 0.1) is 0 Å². The molecule has 2 aliphatic heterocycles. The Balaban J connectivity index is 1.45. The first kappa shape index (κ1) is 17.7. The van der Waals surface area contributed by atoms with Gasteiger partial charge in [-0.3, -0.25) is 9.69 Å². The number of ether oxygens (including phenoxy) is 3. The second kappa shape index (κ2) is 7.48. The molecule has 0 aliphatic carbocycles. The topological polar surface area (TPSA) is 51.2 Å². The summed E-state index contributed by atoms with van der Waals surface area (Å²) in [5.41, 5.74) is 2.03. The van der Waals surface area contributed by atoms with Crippen LogP contribution in [0.5, 0.6) is 17.2 Å². The molecule has 0 bridgehead atoms. The molecule has 1 saturated heterocycles. The summed E-state index contributed by atoms with van der Waals surface area (Å²) in [7, 11) is 1.64. The maximum atomic E-state index is 12.9. The van der Waals surface area contributed by atoms with Crippen LogP contribution in [-0.4, -0.2) is 50.3 Å². The zero-order chi connectivity index (χ0) is 18.8. The van der Waals surface area contributed by atoms with Gasteiger partial charge in [-0.25, -0.2) is 0 Å². The summed E-state index contributed by atoms with van der Waals surface area (Å²) in [5, 5.41) is 0. The van der Waals surface area contributed by atoms with Crippen molar-refractivity contribution in [3.05, 3.63) is 48.0 Å². The van der Waals surface area contributed by atoms with E-state index >= 15 is 0 Å².